The number of amides is 1. The van der Waals surface area contributed by atoms with Gasteiger partial charge in [-0.3, -0.25) is 4.79 Å². The molecular formula is C15H10BrClN2O3. The molecule has 5 nitrogen and oxygen atoms in total. The van der Waals surface area contributed by atoms with E-state index in [1.165, 1.54) is 6.21 Å². The summed E-state index contributed by atoms with van der Waals surface area (Å²) in [6.07, 6.45) is 1.51. The fraction of sp³-hybridized carbons (Fsp3) is 0.0667. The van der Waals surface area contributed by atoms with Crippen molar-refractivity contribution in [1.29, 1.82) is 0 Å². The Bertz CT molecular complexity index is 764. The Balaban J connectivity index is 1.73. The molecule has 1 N–H and O–H groups in total. The summed E-state index contributed by atoms with van der Waals surface area (Å²) in [6, 6.07) is 10.3. The number of hydrogen-bond donors (Lipinski definition) is 1. The van der Waals surface area contributed by atoms with Gasteiger partial charge in [-0.1, -0.05) is 23.7 Å². The highest BCUT2D eigenvalue weighted by Gasteiger charge is 2.15. The van der Waals surface area contributed by atoms with E-state index in [4.69, 9.17) is 21.1 Å². The molecule has 3 rings (SSSR count). The summed E-state index contributed by atoms with van der Waals surface area (Å²) in [4.78, 5) is 12.0. The number of benzene rings is 2. The maximum absolute atomic E-state index is 12.0. The molecule has 1 aliphatic heterocycles. The molecule has 2 aromatic rings. The van der Waals surface area contributed by atoms with Gasteiger partial charge < -0.3 is 9.47 Å². The lowest BCUT2D eigenvalue weighted by Gasteiger charge is -2.03. The van der Waals surface area contributed by atoms with E-state index in [2.05, 4.69) is 26.5 Å². The predicted octanol–water partition coefficient (Wildman–Crippen LogP) is 3.60. The fourth-order valence-corrected chi connectivity index (χ4v) is 2.54. The van der Waals surface area contributed by atoms with Crippen LogP contribution in [-0.2, 0) is 0 Å². The molecular weight excluding hydrogens is 372 g/mol. The molecule has 7 heteroatoms. The van der Waals surface area contributed by atoms with Crippen LogP contribution in [0.2, 0.25) is 5.02 Å². The molecule has 0 atom stereocenters. The number of carbonyl (C=O) groups is 1. The van der Waals surface area contributed by atoms with Gasteiger partial charge in [-0.15, -0.1) is 0 Å². The number of carbonyl (C=O) groups excluding carboxylic acids is 1. The third-order valence-corrected chi connectivity index (χ3v) is 4.00. The van der Waals surface area contributed by atoms with Gasteiger partial charge in [0.25, 0.3) is 5.91 Å². The van der Waals surface area contributed by atoms with E-state index in [9.17, 15) is 4.79 Å². The van der Waals surface area contributed by atoms with Crippen molar-refractivity contribution in [2.45, 2.75) is 0 Å². The fourth-order valence-electron chi connectivity index (χ4n) is 1.90. The summed E-state index contributed by atoms with van der Waals surface area (Å²) in [5, 5.41) is 4.31. The number of hydrazone groups is 1. The van der Waals surface area contributed by atoms with Gasteiger partial charge >= 0.3 is 0 Å². The second-order valence-electron chi connectivity index (χ2n) is 4.41. The Kier molecular flexibility index (Phi) is 4.31. The first-order valence-electron chi connectivity index (χ1n) is 6.32. The summed E-state index contributed by atoms with van der Waals surface area (Å²) in [6.45, 7) is 0.200. The zero-order valence-corrected chi connectivity index (χ0v) is 13.5. The highest BCUT2D eigenvalue weighted by atomic mass is 79.9. The highest BCUT2D eigenvalue weighted by molar-refractivity contribution is 9.10. The zero-order valence-electron chi connectivity index (χ0n) is 11.2. The van der Waals surface area contributed by atoms with E-state index in [0.29, 0.717) is 22.1 Å². The topological polar surface area (TPSA) is 59.9 Å². The average molecular weight is 382 g/mol. The minimum absolute atomic E-state index is 0.200. The van der Waals surface area contributed by atoms with Crippen LogP contribution in [0.15, 0.2) is 46.0 Å². The number of halogens is 2. The molecule has 22 heavy (non-hydrogen) atoms. The monoisotopic (exact) mass is 380 g/mol. The SMILES string of the molecule is O=C(N/N=C\c1cc2c(cc1Br)OCO2)c1ccccc1Cl. The van der Waals surface area contributed by atoms with Gasteiger partial charge in [0, 0.05) is 10.0 Å². The predicted molar refractivity (Wildman–Crippen MR) is 86.8 cm³/mol. The number of ether oxygens (including phenoxy) is 2. The van der Waals surface area contributed by atoms with Crippen LogP contribution in [0.1, 0.15) is 15.9 Å². The van der Waals surface area contributed by atoms with E-state index in [-0.39, 0.29) is 12.7 Å². The van der Waals surface area contributed by atoms with Crippen molar-refractivity contribution in [2.24, 2.45) is 5.10 Å². The van der Waals surface area contributed by atoms with Crippen LogP contribution in [0, 0.1) is 0 Å². The molecule has 2 aromatic carbocycles. The molecule has 0 aromatic heterocycles. The third-order valence-electron chi connectivity index (χ3n) is 2.98. The van der Waals surface area contributed by atoms with E-state index < -0.39 is 0 Å². The number of hydrogen-bond acceptors (Lipinski definition) is 4. The molecule has 1 heterocycles. The van der Waals surface area contributed by atoms with Gasteiger partial charge in [0.1, 0.15) is 0 Å². The van der Waals surface area contributed by atoms with Crippen molar-refractivity contribution < 1.29 is 14.3 Å². The minimum Gasteiger partial charge on any atom is -0.454 e. The van der Waals surface area contributed by atoms with Gasteiger partial charge in [-0.2, -0.15) is 5.10 Å². The van der Waals surface area contributed by atoms with Crippen LogP contribution in [0.25, 0.3) is 0 Å². The molecule has 1 amide bonds. The molecule has 0 radical (unpaired) electrons. The molecule has 112 valence electrons. The largest absolute Gasteiger partial charge is 0.454 e. The van der Waals surface area contributed by atoms with Crippen molar-refractivity contribution in [3.05, 3.63) is 57.0 Å². The van der Waals surface area contributed by atoms with Gasteiger partial charge in [0.2, 0.25) is 6.79 Å². The molecule has 0 unspecified atom stereocenters. The zero-order chi connectivity index (χ0) is 15.5. The first-order chi connectivity index (χ1) is 10.6. The number of nitrogens with zero attached hydrogens (tertiary/aromatic N) is 1. The Hall–Kier alpha value is -2.05. The molecule has 1 aliphatic rings. The number of nitrogens with one attached hydrogen (secondary N) is 1. The molecule has 0 fully saturated rings. The van der Waals surface area contributed by atoms with Crippen molar-refractivity contribution in [2.75, 3.05) is 6.79 Å². The van der Waals surface area contributed by atoms with E-state index in [1.807, 2.05) is 0 Å². The van der Waals surface area contributed by atoms with E-state index >= 15 is 0 Å². The lowest BCUT2D eigenvalue weighted by atomic mass is 10.2. The van der Waals surface area contributed by atoms with Crippen LogP contribution >= 0.6 is 27.5 Å². The van der Waals surface area contributed by atoms with Crippen LogP contribution in [0.4, 0.5) is 0 Å². The van der Waals surface area contributed by atoms with Crippen molar-refractivity contribution >= 4 is 39.7 Å². The molecule has 0 spiro atoms. The maximum atomic E-state index is 12.0. The normalized spacial score (nSPS) is 12.6. The second kappa shape index (κ2) is 6.37. The summed E-state index contributed by atoms with van der Waals surface area (Å²) >= 11 is 9.37. The van der Waals surface area contributed by atoms with Crippen LogP contribution in [0.5, 0.6) is 11.5 Å². The molecule has 0 saturated carbocycles. The van der Waals surface area contributed by atoms with Crippen molar-refractivity contribution in [3.8, 4) is 11.5 Å². The molecule has 0 aliphatic carbocycles. The van der Waals surface area contributed by atoms with Crippen molar-refractivity contribution in [1.82, 2.24) is 5.43 Å². The van der Waals surface area contributed by atoms with Gasteiger partial charge in [0.15, 0.2) is 11.5 Å². The van der Waals surface area contributed by atoms with Crippen LogP contribution < -0.4 is 14.9 Å². The molecule has 0 bridgehead atoms. The van der Waals surface area contributed by atoms with Crippen molar-refractivity contribution in [3.63, 3.8) is 0 Å². The molecule has 0 saturated heterocycles. The lowest BCUT2D eigenvalue weighted by Crippen LogP contribution is -2.17. The standard InChI is InChI=1S/C15H10BrClN2O3/c16-11-6-14-13(21-8-22-14)5-9(11)7-18-19-15(20)10-3-1-2-4-12(10)17/h1-7H,8H2,(H,19,20)/b18-7-. The summed E-state index contributed by atoms with van der Waals surface area (Å²) in [5.41, 5.74) is 3.56. The minimum atomic E-state index is -0.376. The third kappa shape index (κ3) is 3.08. The van der Waals surface area contributed by atoms with Gasteiger partial charge in [0.05, 0.1) is 16.8 Å². The first-order valence-corrected chi connectivity index (χ1v) is 7.49. The van der Waals surface area contributed by atoms with E-state index in [1.54, 1.807) is 36.4 Å². The van der Waals surface area contributed by atoms with E-state index in [0.717, 1.165) is 10.0 Å². The van der Waals surface area contributed by atoms with Crippen LogP contribution in [-0.4, -0.2) is 18.9 Å². The summed E-state index contributed by atoms with van der Waals surface area (Å²) in [7, 11) is 0. The highest BCUT2D eigenvalue weighted by Crippen LogP contribution is 2.36. The number of fused-ring (bicyclic) bond motifs is 1. The smallest absolute Gasteiger partial charge is 0.272 e. The van der Waals surface area contributed by atoms with Gasteiger partial charge in [-0.25, -0.2) is 5.43 Å². The maximum Gasteiger partial charge on any atom is 0.272 e. The Morgan fingerprint density at radius 3 is 2.77 bits per heavy atom. The first kappa shape index (κ1) is 14.9. The summed E-state index contributed by atoms with van der Waals surface area (Å²) < 4.78 is 11.3. The van der Waals surface area contributed by atoms with Gasteiger partial charge in [-0.05, 0) is 40.2 Å². The Morgan fingerprint density at radius 2 is 2.00 bits per heavy atom. The quantitative estimate of drug-likeness (QED) is 0.653. The average Bonchev–Trinajstić information content (AvgIpc) is 2.94. The number of rotatable bonds is 3. The second-order valence-corrected chi connectivity index (χ2v) is 5.67. The van der Waals surface area contributed by atoms with Crippen LogP contribution in [0.3, 0.4) is 0 Å². The Labute approximate surface area is 140 Å². The summed E-state index contributed by atoms with van der Waals surface area (Å²) in [5.74, 6) is 0.935. The lowest BCUT2D eigenvalue weighted by molar-refractivity contribution is 0.0955. The Morgan fingerprint density at radius 1 is 1.27 bits per heavy atom.